The minimum atomic E-state index is -0.492. The lowest BCUT2D eigenvalue weighted by Crippen LogP contribution is -2.45. The highest BCUT2D eigenvalue weighted by molar-refractivity contribution is 5.80. The molecule has 0 saturated carbocycles. The molecule has 4 heterocycles. The summed E-state index contributed by atoms with van der Waals surface area (Å²) < 4.78 is 4.30. The predicted molar refractivity (Wildman–Crippen MR) is 136 cm³/mol. The summed E-state index contributed by atoms with van der Waals surface area (Å²) in [7, 11) is 1.61. The standard InChI is InChI=1S/C25H28N8O3/c1-4-5-13-32-21-22(28-24(32)31-12-8-9-17(14-31)29-36)30(3)25(35)33(23(21)34)15-20-26-16(2)18-10-6-7-11-19(18)27-20/h6-7,10-11,17,29,36H,8-9,12-15H2,1-3H3. The van der Waals surface area contributed by atoms with E-state index in [1.165, 1.54) is 4.57 Å². The highest BCUT2D eigenvalue weighted by Crippen LogP contribution is 2.23. The van der Waals surface area contributed by atoms with Crippen molar-refractivity contribution in [2.24, 2.45) is 7.05 Å². The van der Waals surface area contributed by atoms with E-state index in [0.29, 0.717) is 36.0 Å². The number of imidazole rings is 1. The first-order valence-corrected chi connectivity index (χ1v) is 11.9. The maximum absolute atomic E-state index is 13.8. The monoisotopic (exact) mass is 488 g/mol. The minimum absolute atomic E-state index is 0.0622. The minimum Gasteiger partial charge on any atom is -0.341 e. The van der Waals surface area contributed by atoms with Gasteiger partial charge in [0.1, 0.15) is 5.82 Å². The van der Waals surface area contributed by atoms with Gasteiger partial charge in [-0.3, -0.25) is 18.5 Å². The van der Waals surface area contributed by atoms with Crippen molar-refractivity contribution in [3.63, 3.8) is 0 Å². The van der Waals surface area contributed by atoms with Gasteiger partial charge in [0.25, 0.3) is 5.56 Å². The lowest BCUT2D eigenvalue weighted by molar-refractivity contribution is 0.117. The van der Waals surface area contributed by atoms with Gasteiger partial charge in [0.05, 0.1) is 18.6 Å². The fourth-order valence-electron chi connectivity index (χ4n) is 4.82. The van der Waals surface area contributed by atoms with E-state index in [2.05, 4.69) is 27.3 Å². The molecule has 36 heavy (non-hydrogen) atoms. The van der Waals surface area contributed by atoms with E-state index in [1.54, 1.807) is 18.5 Å². The largest absolute Gasteiger partial charge is 0.341 e. The van der Waals surface area contributed by atoms with Crippen LogP contribution >= 0.6 is 0 Å². The Morgan fingerprint density at radius 3 is 2.75 bits per heavy atom. The average molecular weight is 489 g/mol. The number of nitrogens with one attached hydrogen (secondary N) is 1. The van der Waals surface area contributed by atoms with Gasteiger partial charge in [-0.25, -0.2) is 20.2 Å². The second-order valence-corrected chi connectivity index (χ2v) is 8.99. The highest BCUT2D eigenvalue weighted by atomic mass is 16.5. The zero-order valence-corrected chi connectivity index (χ0v) is 20.5. The van der Waals surface area contributed by atoms with Gasteiger partial charge in [-0.1, -0.05) is 24.1 Å². The number of benzene rings is 1. The molecule has 3 aromatic heterocycles. The fourth-order valence-corrected chi connectivity index (χ4v) is 4.82. The number of aryl methyl sites for hydroxylation is 2. The lowest BCUT2D eigenvalue weighted by Gasteiger charge is -2.32. The van der Waals surface area contributed by atoms with Crippen LogP contribution in [0.3, 0.4) is 0 Å². The van der Waals surface area contributed by atoms with Crippen LogP contribution in [-0.2, 0) is 20.1 Å². The van der Waals surface area contributed by atoms with Gasteiger partial charge in [-0.15, -0.1) is 5.92 Å². The number of piperidine rings is 1. The summed E-state index contributed by atoms with van der Waals surface area (Å²) in [4.78, 5) is 42.9. The molecule has 0 bridgehead atoms. The van der Waals surface area contributed by atoms with Gasteiger partial charge in [-0.2, -0.15) is 4.98 Å². The van der Waals surface area contributed by atoms with Crippen LogP contribution in [0.4, 0.5) is 5.95 Å². The highest BCUT2D eigenvalue weighted by Gasteiger charge is 2.27. The Morgan fingerprint density at radius 2 is 1.97 bits per heavy atom. The summed E-state index contributed by atoms with van der Waals surface area (Å²) in [6.45, 7) is 5.04. The van der Waals surface area contributed by atoms with E-state index in [-0.39, 0.29) is 19.1 Å². The average Bonchev–Trinajstić information content (AvgIpc) is 3.28. The van der Waals surface area contributed by atoms with E-state index >= 15 is 0 Å². The molecular formula is C25H28N8O3. The number of hydroxylamine groups is 1. The Balaban J connectivity index is 1.67. The van der Waals surface area contributed by atoms with Crippen LogP contribution in [-0.4, -0.2) is 53.0 Å². The molecule has 186 valence electrons. The molecule has 11 heteroatoms. The normalized spacial score (nSPS) is 15.9. The maximum Gasteiger partial charge on any atom is 0.332 e. The molecule has 5 rings (SSSR count). The van der Waals surface area contributed by atoms with Crippen LogP contribution in [0.1, 0.15) is 31.3 Å². The number of hydrogen-bond donors (Lipinski definition) is 2. The molecule has 0 radical (unpaired) electrons. The van der Waals surface area contributed by atoms with Gasteiger partial charge in [0.2, 0.25) is 5.95 Å². The third kappa shape index (κ3) is 4.04. The smallest absolute Gasteiger partial charge is 0.332 e. The lowest BCUT2D eigenvalue weighted by atomic mass is 10.1. The molecule has 1 unspecified atom stereocenters. The summed E-state index contributed by atoms with van der Waals surface area (Å²) in [6, 6.07) is 7.53. The van der Waals surface area contributed by atoms with Crippen molar-refractivity contribution in [2.75, 3.05) is 18.0 Å². The fraction of sp³-hybridized carbons (Fsp3) is 0.400. The van der Waals surface area contributed by atoms with Gasteiger partial charge >= 0.3 is 5.69 Å². The third-order valence-electron chi connectivity index (χ3n) is 6.65. The summed E-state index contributed by atoms with van der Waals surface area (Å²) in [5.41, 5.74) is 3.52. The summed E-state index contributed by atoms with van der Waals surface area (Å²) in [5.74, 6) is 6.84. The second-order valence-electron chi connectivity index (χ2n) is 8.99. The second kappa shape index (κ2) is 9.56. The predicted octanol–water partition coefficient (Wildman–Crippen LogP) is 1.17. The Hall–Kier alpha value is -4.01. The number of para-hydroxylation sites is 1. The molecule has 1 aliphatic rings. The van der Waals surface area contributed by atoms with E-state index in [0.717, 1.165) is 34.0 Å². The Labute approximate surface area is 207 Å². The van der Waals surface area contributed by atoms with E-state index in [1.807, 2.05) is 36.1 Å². The third-order valence-corrected chi connectivity index (χ3v) is 6.65. The molecule has 1 fully saturated rings. The topological polar surface area (TPSA) is 123 Å². The Morgan fingerprint density at radius 1 is 1.17 bits per heavy atom. The number of nitrogens with zero attached hydrogens (tertiary/aromatic N) is 7. The molecule has 1 aromatic carbocycles. The first kappa shape index (κ1) is 23.7. The first-order valence-electron chi connectivity index (χ1n) is 11.9. The molecule has 4 aromatic rings. The number of aromatic nitrogens is 6. The molecule has 0 amide bonds. The van der Waals surface area contributed by atoms with Crippen LogP contribution in [0.2, 0.25) is 0 Å². The van der Waals surface area contributed by atoms with Gasteiger partial charge < -0.3 is 10.1 Å². The summed E-state index contributed by atoms with van der Waals surface area (Å²) in [5, 5.41) is 10.4. The van der Waals surface area contributed by atoms with Crippen molar-refractivity contribution >= 4 is 28.0 Å². The van der Waals surface area contributed by atoms with Crippen molar-refractivity contribution in [3.05, 3.63) is 56.6 Å². The quantitative estimate of drug-likeness (QED) is 0.317. The molecule has 2 N–H and O–H groups in total. The SMILES string of the molecule is CC#CCn1c(N2CCCC(NO)C2)nc2c1c(=O)n(Cc1nc(C)c3ccccc3n1)c(=O)n2C. The van der Waals surface area contributed by atoms with Crippen LogP contribution in [0.15, 0.2) is 33.9 Å². The van der Waals surface area contributed by atoms with Crippen LogP contribution in [0.5, 0.6) is 0 Å². The number of fused-ring (bicyclic) bond motifs is 2. The summed E-state index contributed by atoms with van der Waals surface area (Å²) in [6.07, 6.45) is 1.68. The van der Waals surface area contributed by atoms with Crippen LogP contribution in [0, 0.1) is 18.8 Å². The molecule has 1 saturated heterocycles. The molecule has 1 aliphatic heterocycles. The molecule has 1 atom stereocenters. The van der Waals surface area contributed by atoms with Gasteiger partial charge in [-0.05, 0) is 32.8 Å². The van der Waals surface area contributed by atoms with Crippen molar-refractivity contribution in [2.45, 2.75) is 45.8 Å². The van der Waals surface area contributed by atoms with E-state index in [4.69, 9.17) is 4.98 Å². The van der Waals surface area contributed by atoms with Crippen LogP contribution < -0.4 is 21.6 Å². The zero-order chi connectivity index (χ0) is 25.4. The van der Waals surface area contributed by atoms with Crippen molar-refractivity contribution in [1.82, 2.24) is 34.1 Å². The van der Waals surface area contributed by atoms with E-state index in [9.17, 15) is 14.8 Å². The summed E-state index contributed by atoms with van der Waals surface area (Å²) >= 11 is 0. The Kier molecular flexibility index (Phi) is 6.30. The molecular weight excluding hydrogens is 460 g/mol. The van der Waals surface area contributed by atoms with Crippen LogP contribution in [0.25, 0.3) is 22.1 Å². The van der Waals surface area contributed by atoms with Gasteiger partial charge in [0, 0.05) is 37.3 Å². The number of hydrogen-bond acceptors (Lipinski definition) is 8. The first-order chi connectivity index (χ1) is 17.4. The molecule has 11 nitrogen and oxygen atoms in total. The molecule has 0 aliphatic carbocycles. The number of anilines is 1. The van der Waals surface area contributed by atoms with Gasteiger partial charge in [0.15, 0.2) is 11.2 Å². The van der Waals surface area contributed by atoms with Crippen molar-refractivity contribution in [1.29, 1.82) is 0 Å². The maximum atomic E-state index is 13.8. The molecule has 0 spiro atoms. The Bertz CT molecular complexity index is 1640. The van der Waals surface area contributed by atoms with Crippen molar-refractivity contribution < 1.29 is 5.21 Å². The zero-order valence-electron chi connectivity index (χ0n) is 20.5. The number of rotatable bonds is 5. The van der Waals surface area contributed by atoms with E-state index < -0.39 is 11.2 Å². The van der Waals surface area contributed by atoms with Crippen molar-refractivity contribution in [3.8, 4) is 11.8 Å².